The first-order valence-corrected chi connectivity index (χ1v) is 10.9. The maximum absolute atomic E-state index is 12.7. The lowest BCUT2D eigenvalue weighted by Gasteiger charge is -2.14. The van der Waals surface area contributed by atoms with Gasteiger partial charge in [-0.05, 0) is 48.5 Å². The monoisotopic (exact) mass is 455 g/mol. The van der Waals surface area contributed by atoms with E-state index >= 15 is 0 Å². The largest absolute Gasteiger partial charge is 0.497 e. The number of ether oxygens (including phenoxy) is 1. The molecule has 33 heavy (non-hydrogen) atoms. The predicted octanol–water partition coefficient (Wildman–Crippen LogP) is 4.87. The number of imide groups is 1. The Morgan fingerprint density at radius 1 is 0.939 bits per heavy atom. The van der Waals surface area contributed by atoms with E-state index in [0.29, 0.717) is 27.5 Å². The number of hydrogen-bond acceptors (Lipinski definition) is 6. The smallest absolute Gasteiger partial charge is 0.266 e. The molecule has 0 fully saturated rings. The zero-order valence-electron chi connectivity index (χ0n) is 17.4. The van der Waals surface area contributed by atoms with Gasteiger partial charge in [0.25, 0.3) is 17.7 Å². The Morgan fingerprint density at radius 2 is 1.64 bits per heavy atom. The van der Waals surface area contributed by atoms with E-state index in [1.54, 1.807) is 55.6 Å². The van der Waals surface area contributed by atoms with Crippen molar-refractivity contribution in [3.05, 3.63) is 94.9 Å². The molecule has 3 amide bonds. The number of nitrogens with one attached hydrogen (secondary N) is 1. The number of methoxy groups -OCH3 is 1. The number of nitrogens with zero attached hydrogens (tertiary/aromatic N) is 2. The van der Waals surface area contributed by atoms with Crippen LogP contribution in [0.5, 0.6) is 5.75 Å². The first kappa shape index (κ1) is 20.6. The SMILES string of the molecule is COc1cccc(-c2csc(NC(=O)c3ccc(N4C(=O)c5ccccc5C4=O)cc3)n2)c1. The molecule has 2 heterocycles. The van der Waals surface area contributed by atoms with Crippen LogP contribution in [0.25, 0.3) is 11.3 Å². The van der Waals surface area contributed by atoms with Gasteiger partial charge in [0.1, 0.15) is 5.75 Å². The van der Waals surface area contributed by atoms with Gasteiger partial charge >= 0.3 is 0 Å². The second-order valence-electron chi connectivity index (χ2n) is 7.26. The first-order chi connectivity index (χ1) is 16.0. The fourth-order valence-electron chi connectivity index (χ4n) is 3.60. The Labute approximate surface area is 193 Å². The van der Waals surface area contributed by atoms with Crippen LogP contribution in [-0.2, 0) is 0 Å². The lowest BCUT2D eigenvalue weighted by molar-refractivity contribution is 0.0925. The minimum absolute atomic E-state index is 0.338. The molecule has 0 saturated carbocycles. The van der Waals surface area contributed by atoms with Crippen LogP contribution in [0.15, 0.2) is 78.2 Å². The number of amides is 3. The third-order valence-corrected chi connectivity index (χ3v) is 6.03. The second-order valence-corrected chi connectivity index (χ2v) is 8.12. The Morgan fingerprint density at radius 3 is 2.30 bits per heavy atom. The van der Waals surface area contributed by atoms with Crippen molar-refractivity contribution in [3.8, 4) is 17.0 Å². The van der Waals surface area contributed by atoms with Gasteiger partial charge in [0.05, 0.1) is 29.6 Å². The number of aromatic nitrogens is 1. The van der Waals surface area contributed by atoms with Crippen LogP contribution < -0.4 is 15.0 Å². The van der Waals surface area contributed by atoms with E-state index in [0.717, 1.165) is 21.9 Å². The normalized spacial score (nSPS) is 12.6. The van der Waals surface area contributed by atoms with Crippen LogP contribution in [0, 0.1) is 0 Å². The van der Waals surface area contributed by atoms with Gasteiger partial charge in [-0.2, -0.15) is 0 Å². The van der Waals surface area contributed by atoms with E-state index in [1.165, 1.54) is 11.3 Å². The average molecular weight is 455 g/mol. The second kappa shape index (κ2) is 8.33. The molecule has 1 aromatic heterocycles. The van der Waals surface area contributed by atoms with Crippen molar-refractivity contribution in [2.24, 2.45) is 0 Å². The van der Waals surface area contributed by atoms with Crippen LogP contribution >= 0.6 is 11.3 Å². The predicted molar refractivity (Wildman–Crippen MR) is 126 cm³/mol. The standard InChI is InChI=1S/C25H17N3O4S/c1-32-18-6-4-5-16(13-18)21-14-33-25(26-21)27-22(29)15-9-11-17(12-10-15)28-23(30)19-7-2-3-8-20(19)24(28)31/h2-14H,1H3,(H,26,27,29). The zero-order chi connectivity index (χ0) is 22.9. The molecule has 0 spiro atoms. The summed E-state index contributed by atoms with van der Waals surface area (Å²) >= 11 is 1.32. The van der Waals surface area contributed by atoms with Crippen LogP contribution in [0.4, 0.5) is 10.8 Å². The summed E-state index contributed by atoms with van der Waals surface area (Å²) < 4.78 is 5.24. The third-order valence-electron chi connectivity index (χ3n) is 5.27. The molecular formula is C25H17N3O4S. The molecule has 4 aromatic rings. The number of benzene rings is 3. The molecule has 1 aliphatic rings. The molecule has 0 atom stereocenters. The zero-order valence-corrected chi connectivity index (χ0v) is 18.3. The van der Waals surface area contributed by atoms with Crippen LogP contribution in [0.3, 0.4) is 0 Å². The van der Waals surface area contributed by atoms with Crippen LogP contribution in [0.2, 0.25) is 0 Å². The maximum atomic E-state index is 12.7. The van der Waals surface area contributed by atoms with Crippen LogP contribution in [-0.4, -0.2) is 29.8 Å². The van der Waals surface area contributed by atoms with Crippen LogP contribution in [0.1, 0.15) is 31.1 Å². The Balaban J connectivity index is 1.31. The number of thiazole rings is 1. The maximum Gasteiger partial charge on any atom is 0.266 e. The van der Waals surface area contributed by atoms with Crippen molar-refractivity contribution in [3.63, 3.8) is 0 Å². The summed E-state index contributed by atoms with van der Waals surface area (Å²) in [5.41, 5.74) is 3.16. The molecule has 0 saturated heterocycles. The number of anilines is 2. The molecule has 0 unspecified atom stereocenters. The van der Waals surface area contributed by atoms with Crippen molar-refractivity contribution in [1.82, 2.24) is 4.98 Å². The topological polar surface area (TPSA) is 88.6 Å². The summed E-state index contributed by atoms with van der Waals surface area (Å²) in [5.74, 6) is -0.360. The van der Waals surface area contributed by atoms with E-state index in [1.807, 2.05) is 29.6 Å². The van der Waals surface area contributed by atoms with Crippen molar-refractivity contribution < 1.29 is 19.1 Å². The van der Waals surface area contributed by atoms with Gasteiger partial charge < -0.3 is 4.74 Å². The van der Waals surface area contributed by atoms with Crippen molar-refractivity contribution >= 4 is 39.9 Å². The first-order valence-electron chi connectivity index (χ1n) is 10.0. The van der Waals surface area contributed by atoms with Gasteiger partial charge in [-0.3, -0.25) is 19.7 Å². The Hall–Kier alpha value is -4.30. The van der Waals surface area contributed by atoms with Gasteiger partial charge in [0, 0.05) is 16.5 Å². The minimum Gasteiger partial charge on any atom is -0.497 e. The summed E-state index contributed by atoms with van der Waals surface area (Å²) in [6.45, 7) is 0. The molecule has 8 heteroatoms. The van der Waals surface area contributed by atoms with Gasteiger partial charge in [-0.15, -0.1) is 11.3 Å². The summed E-state index contributed by atoms with van der Waals surface area (Å²) in [5, 5.41) is 5.10. The quantitative estimate of drug-likeness (QED) is 0.434. The van der Waals surface area contributed by atoms with E-state index in [4.69, 9.17) is 4.74 Å². The number of fused-ring (bicyclic) bond motifs is 1. The molecule has 0 radical (unpaired) electrons. The van der Waals surface area contributed by atoms with Gasteiger partial charge in [-0.1, -0.05) is 24.3 Å². The lowest BCUT2D eigenvalue weighted by Crippen LogP contribution is -2.29. The molecule has 162 valence electrons. The highest BCUT2D eigenvalue weighted by atomic mass is 32.1. The van der Waals surface area contributed by atoms with Gasteiger partial charge in [-0.25, -0.2) is 9.88 Å². The van der Waals surface area contributed by atoms with Crippen molar-refractivity contribution in [2.45, 2.75) is 0 Å². The van der Waals surface area contributed by atoms with E-state index < -0.39 is 0 Å². The third kappa shape index (κ3) is 3.77. The number of hydrogen-bond donors (Lipinski definition) is 1. The van der Waals surface area contributed by atoms with Crippen molar-refractivity contribution in [2.75, 3.05) is 17.3 Å². The average Bonchev–Trinajstić information content (AvgIpc) is 3.42. The fraction of sp³-hybridized carbons (Fsp3) is 0.0400. The van der Waals surface area contributed by atoms with Crippen molar-refractivity contribution in [1.29, 1.82) is 0 Å². The summed E-state index contributed by atoms with van der Waals surface area (Å²) in [6, 6.07) is 20.5. The summed E-state index contributed by atoms with van der Waals surface area (Å²) in [4.78, 5) is 43.6. The summed E-state index contributed by atoms with van der Waals surface area (Å²) in [7, 11) is 1.60. The Kier molecular flexibility index (Phi) is 5.20. The van der Waals surface area contributed by atoms with Gasteiger partial charge in [0.15, 0.2) is 5.13 Å². The molecule has 1 N–H and O–H groups in total. The lowest BCUT2D eigenvalue weighted by atomic mass is 10.1. The van der Waals surface area contributed by atoms with Gasteiger partial charge in [0.2, 0.25) is 0 Å². The Bertz CT molecular complexity index is 1360. The van der Waals surface area contributed by atoms with E-state index in [-0.39, 0.29) is 17.7 Å². The number of carbonyl (C=O) groups is 3. The molecule has 3 aromatic carbocycles. The molecule has 1 aliphatic heterocycles. The van der Waals surface area contributed by atoms with E-state index in [9.17, 15) is 14.4 Å². The minimum atomic E-state index is -0.374. The molecule has 7 nitrogen and oxygen atoms in total. The summed E-state index contributed by atoms with van der Waals surface area (Å²) in [6.07, 6.45) is 0. The van der Waals surface area contributed by atoms with E-state index in [2.05, 4.69) is 10.3 Å². The molecular weight excluding hydrogens is 438 g/mol. The fourth-order valence-corrected chi connectivity index (χ4v) is 4.32. The molecule has 0 aliphatic carbocycles. The highest BCUT2D eigenvalue weighted by molar-refractivity contribution is 7.14. The molecule has 0 bridgehead atoms. The number of carbonyl (C=O) groups excluding carboxylic acids is 3. The highest BCUT2D eigenvalue weighted by Gasteiger charge is 2.36. The molecule has 5 rings (SSSR count). The highest BCUT2D eigenvalue weighted by Crippen LogP contribution is 2.30. The number of rotatable bonds is 5.